The summed E-state index contributed by atoms with van der Waals surface area (Å²) in [6.45, 7) is 2.06. The number of aromatic nitrogens is 1. The van der Waals surface area contributed by atoms with Crippen molar-refractivity contribution in [3.05, 3.63) is 84.2 Å². The number of carbonyl (C=O) groups is 2. The van der Waals surface area contributed by atoms with Gasteiger partial charge >= 0.3 is 5.97 Å². The van der Waals surface area contributed by atoms with Crippen LogP contribution >= 0.6 is 0 Å². The van der Waals surface area contributed by atoms with Gasteiger partial charge in [0.2, 0.25) is 0 Å². The molecule has 3 rings (SSSR count). The number of esters is 1. The molecule has 1 aromatic heterocycles. The third-order valence-corrected chi connectivity index (χ3v) is 3.66. The predicted octanol–water partition coefficient (Wildman–Crippen LogP) is 3.91. The van der Waals surface area contributed by atoms with Crippen molar-refractivity contribution < 1.29 is 14.3 Å². The maximum absolute atomic E-state index is 12.4. The highest BCUT2D eigenvalue weighted by molar-refractivity contribution is 6.05. The maximum atomic E-state index is 12.4. The number of amides is 1. The topological polar surface area (TPSA) is 60.3 Å². The number of carbonyl (C=O) groups excluding carboxylic acids is 2. The van der Waals surface area contributed by atoms with Crippen LogP contribution in [0.4, 0.5) is 5.69 Å². The summed E-state index contributed by atoms with van der Waals surface area (Å²) >= 11 is 0. The van der Waals surface area contributed by atoms with Crippen molar-refractivity contribution >= 4 is 17.6 Å². The highest BCUT2D eigenvalue weighted by Gasteiger charge is 2.10. The zero-order valence-electron chi connectivity index (χ0n) is 13.8. The largest absolute Gasteiger partial charge is 0.462 e. The van der Waals surface area contributed by atoms with E-state index >= 15 is 0 Å². The van der Waals surface area contributed by atoms with Crippen LogP contribution in [-0.2, 0) is 4.74 Å². The normalized spacial score (nSPS) is 10.3. The lowest BCUT2D eigenvalue weighted by atomic mass is 10.1. The van der Waals surface area contributed by atoms with Gasteiger partial charge in [-0.1, -0.05) is 6.07 Å². The average molecular weight is 334 g/mol. The molecule has 5 nitrogen and oxygen atoms in total. The van der Waals surface area contributed by atoms with E-state index < -0.39 is 5.97 Å². The maximum Gasteiger partial charge on any atom is 0.338 e. The molecule has 1 heterocycles. The van der Waals surface area contributed by atoms with Crippen molar-refractivity contribution in [3.63, 3.8) is 0 Å². The van der Waals surface area contributed by atoms with Crippen LogP contribution in [0.5, 0.6) is 0 Å². The lowest BCUT2D eigenvalue weighted by Gasteiger charge is -2.08. The highest BCUT2D eigenvalue weighted by Crippen LogP contribution is 2.15. The molecule has 0 saturated heterocycles. The highest BCUT2D eigenvalue weighted by atomic mass is 16.5. The molecule has 1 N–H and O–H groups in total. The lowest BCUT2D eigenvalue weighted by Crippen LogP contribution is -2.13. The van der Waals surface area contributed by atoms with E-state index in [1.807, 2.05) is 41.2 Å². The first-order valence-corrected chi connectivity index (χ1v) is 7.99. The number of benzene rings is 2. The minimum Gasteiger partial charge on any atom is -0.462 e. The van der Waals surface area contributed by atoms with Gasteiger partial charge in [-0.2, -0.15) is 0 Å². The van der Waals surface area contributed by atoms with E-state index in [-0.39, 0.29) is 5.91 Å². The molecule has 0 radical (unpaired) electrons. The fourth-order valence-corrected chi connectivity index (χ4v) is 2.43. The molecule has 2 aromatic carbocycles. The third kappa shape index (κ3) is 3.95. The molecule has 0 bridgehead atoms. The monoisotopic (exact) mass is 334 g/mol. The second kappa shape index (κ2) is 7.49. The van der Waals surface area contributed by atoms with Crippen LogP contribution in [0.2, 0.25) is 0 Å². The van der Waals surface area contributed by atoms with Crippen molar-refractivity contribution in [2.24, 2.45) is 0 Å². The van der Waals surface area contributed by atoms with Crippen molar-refractivity contribution in [2.45, 2.75) is 6.92 Å². The summed E-state index contributed by atoms with van der Waals surface area (Å²) in [6, 6.07) is 17.9. The Hall–Kier alpha value is -3.34. The molecule has 25 heavy (non-hydrogen) atoms. The Kier molecular flexibility index (Phi) is 4.95. The molecule has 3 aromatic rings. The van der Waals surface area contributed by atoms with E-state index in [4.69, 9.17) is 4.74 Å². The van der Waals surface area contributed by atoms with Crippen LogP contribution in [0.25, 0.3) is 5.69 Å². The third-order valence-electron chi connectivity index (χ3n) is 3.66. The van der Waals surface area contributed by atoms with E-state index in [2.05, 4.69) is 5.32 Å². The minimum absolute atomic E-state index is 0.236. The Morgan fingerprint density at radius 1 is 0.960 bits per heavy atom. The average Bonchev–Trinajstić information content (AvgIpc) is 3.17. The van der Waals surface area contributed by atoms with Gasteiger partial charge in [0.1, 0.15) is 0 Å². The zero-order chi connectivity index (χ0) is 17.6. The van der Waals surface area contributed by atoms with Gasteiger partial charge in [-0.3, -0.25) is 4.79 Å². The first-order chi connectivity index (χ1) is 12.2. The second-order valence-corrected chi connectivity index (χ2v) is 5.39. The summed E-state index contributed by atoms with van der Waals surface area (Å²) in [7, 11) is 0. The number of nitrogens with zero attached hydrogens (tertiary/aromatic N) is 1. The molecule has 0 unspecified atom stereocenters. The Labute approximate surface area is 145 Å². The number of nitrogens with one attached hydrogen (secondary N) is 1. The number of ether oxygens (including phenoxy) is 1. The predicted molar refractivity (Wildman–Crippen MR) is 96.1 cm³/mol. The van der Waals surface area contributed by atoms with Crippen molar-refractivity contribution in [3.8, 4) is 5.69 Å². The molecular formula is C20H18N2O3. The summed E-state index contributed by atoms with van der Waals surface area (Å²) in [4.78, 5) is 24.2. The second-order valence-electron chi connectivity index (χ2n) is 5.39. The van der Waals surface area contributed by atoms with Crippen molar-refractivity contribution in [1.29, 1.82) is 0 Å². The first kappa shape index (κ1) is 16.5. The smallest absolute Gasteiger partial charge is 0.338 e. The Morgan fingerprint density at radius 2 is 1.68 bits per heavy atom. The van der Waals surface area contributed by atoms with Gasteiger partial charge in [0.15, 0.2) is 0 Å². The molecule has 0 fully saturated rings. The number of rotatable bonds is 5. The quantitative estimate of drug-likeness (QED) is 0.720. The number of hydrogen-bond donors (Lipinski definition) is 1. The van der Waals surface area contributed by atoms with Gasteiger partial charge in [-0.25, -0.2) is 4.79 Å². The van der Waals surface area contributed by atoms with E-state index in [0.29, 0.717) is 23.4 Å². The summed E-state index contributed by atoms with van der Waals surface area (Å²) in [5.74, 6) is -0.644. The summed E-state index contributed by atoms with van der Waals surface area (Å²) in [5.41, 5.74) is 2.47. The molecule has 0 saturated carbocycles. The standard InChI is InChI=1S/C20H18N2O3/c1-2-25-20(24)16-6-5-7-17(14-16)21-19(23)15-8-10-18(11-9-15)22-12-3-4-13-22/h3-14H,2H2,1H3,(H,21,23). The van der Waals surface area contributed by atoms with Crippen LogP contribution in [0.15, 0.2) is 73.1 Å². The van der Waals surface area contributed by atoms with Crippen LogP contribution in [0.1, 0.15) is 27.6 Å². The van der Waals surface area contributed by atoms with E-state index in [1.165, 1.54) is 0 Å². The van der Waals surface area contributed by atoms with E-state index in [9.17, 15) is 9.59 Å². The van der Waals surface area contributed by atoms with Gasteiger partial charge < -0.3 is 14.6 Å². The Morgan fingerprint density at radius 3 is 2.36 bits per heavy atom. The lowest BCUT2D eigenvalue weighted by molar-refractivity contribution is 0.0526. The fourth-order valence-electron chi connectivity index (χ4n) is 2.43. The van der Waals surface area contributed by atoms with Crippen LogP contribution in [-0.4, -0.2) is 23.1 Å². The molecular weight excluding hydrogens is 316 g/mol. The van der Waals surface area contributed by atoms with Crippen molar-refractivity contribution in [1.82, 2.24) is 4.57 Å². The Balaban J connectivity index is 1.72. The van der Waals surface area contributed by atoms with Gasteiger partial charge in [0, 0.05) is 29.3 Å². The molecule has 0 aliphatic rings. The van der Waals surface area contributed by atoms with Gasteiger partial charge in [-0.15, -0.1) is 0 Å². The van der Waals surface area contributed by atoms with Crippen molar-refractivity contribution in [2.75, 3.05) is 11.9 Å². The zero-order valence-corrected chi connectivity index (χ0v) is 13.8. The summed E-state index contributed by atoms with van der Waals surface area (Å²) < 4.78 is 6.93. The van der Waals surface area contributed by atoms with Crippen LogP contribution < -0.4 is 5.32 Å². The van der Waals surface area contributed by atoms with E-state index in [1.54, 1.807) is 43.3 Å². The molecule has 0 spiro atoms. The molecule has 126 valence electrons. The van der Waals surface area contributed by atoms with Gasteiger partial charge in [0.05, 0.1) is 12.2 Å². The molecule has 1 amide bonds. The molecule has 0 aliphatic heterocycles. The molecule has 5 heteroatoms. The number of hydrogen-bond acceptors (Lipinski definition) is 3. The van der Waals surface area contributed by atoms with Gasteiger partial charge in [0.25, 0.3) is 5.91 Å². The molecule has 0 aliphatic carbocycles. The fraction of sp³-hybridized carbons (Fsp3) is 0.100. The van der Waals surface area contributed by atoms with Crippen LogP contribution in [0.3, 0.4) is 0 Å². The van der Waals surface area contributed by atoms with E-state index in [0.717, 1.165) is 5.69 Å². The number of anilines is 1. The van der Waals surface area contributed by atoms with Gasteiger partial charge in [-0.05, 0) is 61.5 Å². The summed E-state index contributed by atoms with van der Waals surface area (Å²) in [5, 5.41) is 2.80. The SMILES string of the molecule is CCOC(=O)c1cccc(NC(=O)c2ccc(-n3cccc3)cc2)c1. The van der Waals surface area contributed by atoms with Crippen LogP contribution in [0, 0.1) is 0 Å². The summed E-state index contributed by atoms with van der Waals surface area (Å²) in [6.07, 6.45) is 3.88. The Bertz CT molecular complexity index is 868. The minimum atomic E-state index is -0.408. The molecule has 0 atom stereocenters. The first-order valence-electron chi connectivity index (χ1n) is 7.99.